The number of ether oxygens (including phenoxy) is 2. The third-order valence-corrected chi connectivity index (χ3v) is 2.69. The van der Waals surface area contributed by atoms with Crippen LogP contribution in [0, 0.1) is 5.92 Å². The van der Waals surface area contributed by atoms with E-state index >= 15 is 0 Å². The van der Waals surface area contributed by atoms with E-state index in [4.69, 9.17) is 9.84 Å². The number of carboxylic acids is 1. The number of amides is 1. The predicted molar refractivity (Wildman–Crippen MR) is 55.1 cm³/mol. The van der Waals surface area contributed by atoms with Gasteiger partial charge in [0.15, 0.2) is 0 Å². The Kier molecular flexibility index (Phi) is 5.04. The molecule has 0 radical (unpaired) electrons. The molecule has 2 N–H and O–H groups in total. The molecule has 0 saturated carbocycles. The van der Waals surface area contributed by atoms with Gasteiger partial charge in [-0.15, -0.1) is 0 Å². The third-order valence-electron chi connectivity index (χ3n) is 2.69. The summed E-state index contributed by atoms with van der Waals surface area (Å²) >= 11 is 0. The molecule has 0 spiro atoms. The lowest BCUT2D eigenvalue weighted by molar-refractivity contribution is -0.140. The molecule has 0 aromatic heterocycles. The zero-order valence-corrected chi connectivity index (χ0v) is 9.27. The molecular weight excluding hydrogens is 214 g/mol. The number of hydrogen-bond donors (Lipinski definition) is 2. The number of nitrogens with one attached hydrogen (secondary N) is 1. The van der Waals surface area contributed by atoms with Crippen LogP contribution in [0.4, 0.5) is 4.79 Å². The first-order valence-electron chi connectivity index (χ1n) is 5.28. The minimum atomic E-state index is -1.03. The first-order chi connectivity index (χ1) is 7.63. The Morgan fingerprint density at radius 1 is 1.50 bits per heavy atom. The summed E-state index contributed by atoms with van der Waals surface area (Å²) in [5.41, 5.74) is 0. The molecule has 0 aromatic rings. The normalized spacial score (nSPS) is 18.8. The van der Waals surface area contributed by atoms with Crippen LogP contribution in [-0.2, 0) is 14.3 Å². The largest absolute Gasteiger partial charge is 0.480 e. The molecule has 0 aromatic carbocycles. The Bertz CT molecular complexity index is 250. The van der Waals surface area contributed by atoms with Crippen LogP contribution in [0.2, 0.25) is 0 Å². The number of carbonyl (C=O) groups excluding carboxylic acids is 1. The van der Waals surface area contributed by atoms with Crippen molar-refractivity contribution in [3.8, 4) is 0 Å². The summed E-state index contributed by atoms with van der Waals surface area (Å²) in [4.78, 5) is 21.9. The molecule has 0 bridgehead atoms. The van der Waals surface area contributed by atoms with Crippen molar-refractivity contribution in [2.24, 2.45) is 5.92 Å². The highest BCUT2D eigenvalue weighted by Crippen LogP contribution is 2.20. The van der Waals surface area contributed by atoms with Crippen molar-refractivity contribution >= 4 is 12.1 Å². The van der Waals surface area contributed by atoms with E-state index < -0.39 is 18.1 Å². The second-order valence-corrected chi connectivity index (χ2v) is 3.82. The summed E-state index contributed by atoms with van der Waals surface area (Å²) in [6.07, 6.45) is 1.40. The van der Waals surface area contributed by atoms with Crippen LogP contribution in [0.3, 0.4) is 0 Å². The van der Waals surface area contributed by atoms with Gasteiger partial charge in [-0.2, -0.15) is 0 Å². The lowest BCUT2D eigenvalue weighted by Gasteiger charge is -2.24. The van der Waals surface area contributed by atoms with Gasteiger partial charge in [0.05, 0.1) is 7.11 Å². The van der Waals surface area contributed by atoms with Gasteiger partial charge >= 0.3 is 12.1 Å². The smallest absolute Gasteiger partial charge is 0.407 e. The van der Waals surface area contributed by atoms with Crippen molar-refractivity contribution < 1.29 is 24.2 Å². The summed E-state index contributed by atoms with van der Waals surface area (Å²) < 4.78 is 9.57. The molecule has 1 saturated heterocycles. The van der Waals surface area contributed by atoms with E-state index in [-0.39, 0.29) is 5.92 Å². The second kappa shape index (κ2) is 6.32. The predicted octanol–water partition coefficient (Wildman–Crippen LogP) is 0.612. The van der Waals surface area contributed by atoms with E-state index in [2.05, 4.69) is 10.1 Å². The third kappa shape index (κ3) is 4.06. The van der Waals surface area contributed by atoms with Gasteiger partial charge in [-0.05, 0) is 25.2 Å². The minimum Gasteiger partial charge on any atom is -0.480 e. The van der Waals surface area contributed by atoms with Gasteiger partial charge < -0.3 is 19.9 Å². The molecular formula is C10H17NO5. The number of carbonyl (C=O) groups is 2. The number of hydrogen-bond acceptors (Lipinski definition) is 4. The monoisotopic (exact) mass is 231 g/mol. The molecule has 1 aliphatic heterocycles. The summed E-state index contributed by atoms with van der Waals surface area (Å²) in [6.45, 7) is 1.32. The van der Waals surface area contributed by atoms with Crippen molar-refractivity contribution in [2.75, 3.05) is 20.3 Å². The van der Waals surface area contributed by atoms with Gasteiger partial charge in [-0.3, -0.25) is 0 Å². The number of methoxy groups -OCH3 is 1. The standard InChI is InChI=1S/C10H17NO5/c1-15-10(14)11-8(9(12)13)6-7-2-4-16-5-3-7/h7-8H,2-6H2,1H3,(H,11,14)(H,12,13)/t8-/m0/s1. The molecule has 1 amide bonds. The maximum absolute atomic E-state index is 10.9. The molecule has 0 aliphatic carbocycles. The average Bonchev–Trinajstić information content (AvgIpc) is 2.29. The second-order valence-electron chi connectivity index (χ2n) is 3.82. The average molecular weight is 231 g/mol. The van der Waals surface area contributed by atoms with Crippen molar-refractivity contribution in [3.63, 3.8) is 0 Å². The van der Waals surface area contributed by atoms with Gasteiger partial charge in [-0.25, -0.2) is 9.59 Å². The molecule has 1 aliphatic rings. The van der Waals surface area contributed by atoms with Crippen LogP contribution in [-0.4, -0.2) is 43.5 Å². The molecule has 16 heavy (non-hydrogen) atoms. The van der Waals surface area contributed by atoms with E-state index in [9.17, 15) is 9.59 Å². The quantitative estimate of drug-likeness (QED) is 0.740. The minimum absolute atomic E-state index is 0.284. The Balaban J connectivity index is 2.43. The van der Waals surface area contributed by atoms with Crippen LogP contribution in [0.15, 0.2) is 0 Å². The Hall–Kier alpha value is -1.30. The number of rotatable bonds is 4. The van der Waals surface area contributed by atoms with Crippen molar-refractivity contribution in [1.29, 1.82) is 0 Å². The van der Waals surface area contributed by atoms with Crippen LogP contribution in [0.5, 0.6) is 0 Å². The Morgan fingerprint density at radius 2 is 2.12 bits per heavy atom. The van der Waals surface area contributed by atoms with E-state index in [1.807, 2.05) is 0 Å². The highest BCUT2D eigenvalue weighted by molar-refractivity contribution is 5.79. The maximum atomic E-state index is 10.9. The maximum Gasteiger partial charge on any atom is 0.407 e. The SMILES string of the molecule is COC(=O)N[C@@H](CC1CCOCC1)C(=O)O. The number of aliphatic carboxylic acids is 1. The molecule has 92 valence electrons. The highest BCUT2D eigenvalue weighted by Gasteiger charge is 2.25. The van der Waals surface area contributed by atoms with E-state index in [1.165, 1.54) is 7.11 Å². The fourth-order valence-corrected chi connectivity index (χ4v) is 1.74. The number of carboxylic acid groups (broad SMARTS) is 1. The fraction of sp³-hybridized carbons (Fsp3) is 0.800. The summed E-state index contributed by atoms with van der Waals surface area (Å²) in [6, 6.07) is -0.879. The zero-order chi connectivity index (χ0) is 12.0. The van der Waals surface area contributed by atoms with Crippen molar-refractivity contribution in [2.45, 2.75) is 25.3 Å². The van der Waals surface area contributed by atoms with Crippen molar-refractivity contribution in [1.82, 2.24) is 5.32 Å². The van der Waals surface area contributed by atoms with E-state index in [0.29, 0.717) is 19.6 Å². The lowest BCUT2D eigenvalue weighted by Crippen LogP contribution is -2.42. The molecule has 1 heterocycles. The van der Waals surface area contributed by atoms with Crippen LogP contribution in [0.25, 0.3) is 0 Å². The molecule has 1 rings (SSSR count). The van der Waals surface area contributed by atoms with Crippen molar-refractivity contribution in [3.05, 3.63) is 0 Å². The molecule has 0 unspecified atom stereocenters. The molecule has 1 atom stereocenters. The van der Waals surface area contributed by atoms with E-state index in [0.717, 1.165) is 12.8 Å². The molecule has 1 fully saturated rings. The zero-order valence-electron chi connectivity index (χ0n) is 9.27. The first-order valence-corrected chi connectivity index (χ1v) is 5.28. The van der Waals surface area contributed by atoms with Gasteiger partial charge in [0.25, 0.3) is 0 Å². The van der Waals surface area contributed by atoms with Gasteiger partial charge in [0.2, 0.25) is 0 Å². The summed E-state index contributed by atoms with van der Waals surface area (Å²) in [5, 5.41) is 11.3. The Morgan fingerprint density at radius 3 is 2.62 bits per heavy atom. The van der Waals surface area contributed by atoms with E-state index in [1.54, 1.807) is 0 Å². The number of alkyl carbamates (subject to hydrolysis) is 1. The van der Waals surface area contributed by atoms with Gasteiger partial charge in [0.1, 0.15) is 6.04 Å². The van der Waals surface area contributed by atoms with Crippen LogP contribution < -0.4 is 5.32 Å². The first kappa shape index (κ1) is 12.8. The van der Waals surface area contributed by atoms with Gasteiger partial charge in [-0.1, -0.05) is 0 Å². The summed E-state index contributed by atoms with van der Waals surface area (Å²) in [7, 11) is 1.21. The molecule has 6 nitrogen and oxygen atoms in total. The van der Waals surface area contributed by atoms with Crippen LogP contribution in [0.1, 0.15) is 19.3 Å². The Labute approximate surface area is 93.9 Å². The highest BCUT2D eigenvalue weighted by atomic mass is 16.5. The summed E-state index contributed by atoms with van der Waals surface area (Å²) in [5.74, 6) is -0.746. The van der Waals surface area contributed by atoms with Gasteiger partial charge in [0, 0.05) is 13.2 Å². The van der Waals surface area contributed by atoms with Crippen LogP contribution >= 0.6 is 0 Å². The fourth-order valence-electron chi connectivity index (χ4n) is 1.74. The molecule has 6 heteroatoms. The lowest BCUT2D eigenvalue weighted by atomic mass is 9.92. The topological polar surface area (TPSA) is 84.9 Å².